The van der Waals surface area contributed by atoms with Gasteiger partial charge in [-0.25, -0.2) is 0 Å². The SMILES string of the molecule is COC(=O)C1(C)CCCC1OC. The van der Waals surface area contributed by atoms with E-state index in [2.05, 4.69) is 0 Å². The van der Waals surface area contributed by atoms with Gasteiger partial charge in [-0.1, -0.05) is 0 Å². The zero-order chi connectivity index (χ0) is 9.19. The topological polar surface area (TPSA) is 35.5 Å². The Morgan fingerprint density at radius 3 is 2.67 bits per heavy atom. The van der Waals surface area contributed by atoms with E-state index in [0.717, 1.165) is 19.3 Å². The molecule has 2 atom stereocenters. The van der Waals surface area contributed by atoms with Crippen LogP contribution in [0.25, 0.3) is 0 Å². The lowest BCUT2D eigenvalue weighted by molar-refractivity contribution is -0.158. The van der Waals surface area contributed by atoms with Crippen molar-refractivity contribution in [3.63, 3.8) is 0 Å². The van der Waals surface area contributed by atoms with Crippen LogP contribution < -0.4 is 0 Å². The fraction of sp³-hybridized carbons (Fsp3) is 0.889. The van der Waals surface area contributed by atoms with Gasteiger partial charge in [-0.3, -0.25) is 4.79 Å². The van der Waals surface area contributed by atoms with Crippen LogP contribution in [0.1, 0.15) is 26.2 Å². The average molecular weight is 172 g/mol. The highest BCUT2D eigenvalue weighted by molar-refractivity contribution is 5.77. The van der Waals surface area contributed by atoms with Gasteiger partial charge in [-0.2, -0.15) is 0 Å². The summed E-state index contributed by atoms with van der Waals surface area (Å²) < 4.78 is 10.00. The lowest BCUT2D eigenvalue weighted by Crippen LogP contribution is -2.37. The second-order valence-corrected chi connectivity index (χ2v) is 3.53. The summed E-state index contributed by atoms with van der Waals surface area (Å²) >= 11 is 0. The number of hydrogen-bond acceptors (Lipinski definition) is 3. The Morgan fingerprint density at radius 2 is 2.17 bits per heavy atom. The van der Waals surface area contributed by atoms with E-state index in [9.17, 15) is 4.79 Å². The van der Waals surface area contributed by atoms with Gasteiger partial charge in [0.2, 0.25) is 0 Å². The van der Waals surface area contributed by atoms with Crippen LogP contribution in [-0.4, -0.2) is 26.3 Å². The molecule has 0 aromatic rings. The Kier molecular flexibility index (Phi) is 2.73. The Morgan fingerprint density at radius 1 is 1.50 bits per heavy atom. The van der Waals surface area contributed by atoms with Crippen LogP contribution in [-0.2, 0) is 14.3 Å². The second kappa shape index (κ2) is 3.44. The smallest absolute Gasteiger partial charge is 0.314 e. The van der Waals surface area contributed by atoms with Crippen molar-refractivity contribution < 1.29 is 14.3 Å². The van der Waals surface area contributed by atoms with Gasteiger partial charge in [0.15, 0.2) is 0 Å². The maximum atomic E-state index is 11.4. The van der Waals surface area contributed by atoms with Gasteiger partial charge in [0, 0.05) is 7.11 Å². The molecular formula is C9H16O3. The van der Waals surface area contributed by atoms with Gasteiger partial charge in [-0.05, 0) is 26.2 Å². The summed E-state index contributed by atoms with van der Waals surface area (Å²) in [6.07, 6.45) is 2.91. The van der Waals surface area contributed by atoms with Crippen molar-refractivity contribution in [1.29, 1.82) is 0 Å². The summed E-state index contributed by atoms with van der Waals surface area (Å²) in [5.74, 6) is -0.146. The van der Waals surface area contributed by atoms with E-state index in [1.807, 2.05) is 6.92 Å². The third-order valence-corrected chi connectivity index (χ3v) is 2.81. The number of carbonyl (C=O) groups is 1. The van der Waals surface area contributed by atoms with E-state index in [4.69, 9.17) is 9.47 Å². The third-order valence-electron chi connectivity index (χ3n) is 2.81. The number of carbonyl (C=O) groups excluding carboxylic acids is 1. The molecule has 0 N–H and O–H groups in total. The number of esters is 1. The number of ether oxygens (including phenoxy) is 2. The zero-order valence-electron chi connectivity index (χ0n) is 7.92. The monoisotopic (exact) mass is 172 g/mol. The molecule has 0 aromatic carbocycles. The van der Waals surface area contributed by atoms with Crippen LogP contribution >= 0.6 is 0 Å². The molecule has 70 valence electrons. The van der Waals surface area contributed by atoms with Gasteiger partial charge < -0.3 is 9.47 Å². The minimum atomic E-state index is -0.413. The maximum Gasteiger partial charge on any atom is 0.314 e. The molecule has 1 saturated carbocycles. The van der Waals surface area contributed by atoms with E-state index >= 15 is 0 Å². The van der Waals surface area contributed by atoms with Crippen molar-refractivity contribution in [3.8, 4) is 0 Å². The molecule has 0 bridgehead atoms. The summed E-state index contributed by atoms with van der Waals surface area (Å²) in [6, 6.07) is 0. The van der Waals surface area contributed by atoms with Crippen molar-refractivity contribution in [2.45, 2.75) is 32.3 Å². The average Bonchev–Trinajstić information content (AvgIpc) is 2.46. The van der Waals surface area contributed by atoms with E-state index in [0.29, 0.717) is 0 Å². The molecule has 1 rings (SSSR count). The highest BCUT2D eigenvalue weighted by Gasteiger charge is 2.46. The van der Waals surface area contributed by atoms with Crippen molar-refractivity contribution in [2.75, 3.05) is 14.2 Å². The fourth-order valence-corrected chi connectivity index (χ4v) is 1.98. The summed E-state index contributed by atoms with van der Waals surface area (Å²) in [6.45, 7) is 1.92. The number of rotatable bonds is 2. The first-order chi connectivity index (χ1) is 5.65. The maximum absolute atomic E-state index is 11.4. The molecule has 0 radical (unpaired) electrons. The zero-order valence-corrected chi connectivity index (χ0v) is 7.92. The summed E-state index contributed by atoms with van der Waals surface area (Å²) in [5.41, 5.74) is -0.413. The predicted molar refractivity (Wildman–Crippen MR) is 44.8 cm³/mol. The quantitative estimate of drug-likeness (QED) is 0.590. The Labute approximate surface area is 73.0 Å². The first-order valence-corrected chi connectivity index (χ1v) is 4.26. The third kappa shape index (κ3) is 1.33. The predicted octanol–water partition coefficient (Wildman–Crippen LogP) is 1.36. The minimum absolute atomic E-state index is 0.0324. The summed E-state index contributed by atoms with van der Waals surface area (Å²) in [4.78, 5) is 11.4. The van der Waals surface area contributed by atoms with Gasteiger partial charge in [0.25, 0.3) is 0 Å². The molecule has 0 heterocycles. The first kappa shape index (κ1) is 9.52. The molecular weight excluding hydrogens is 156 g/mol. The molecule has 0 saturated heterocycles. The molecule has 1 aliphatic carbocycles. The van der Waals surface area contributed by atoms with E-state index in [1.54, 1.807) is 7.11 Å². The van der Waals surface area contributed by atoms with Crippen LogP contribution in [0.2, 0.25) is 0 Å². The molecule has 1 fully saturated rings. The Hall–Kier alpha value is -0.570. The summed E-state index contributed by atoms with van der Waals surface area (Å²) in [7, 11) is 3.08. The van der Waals surface area contributed by atoms with Crippen LogP contribution in [0.4, 0.5) is 0 Å². The van der Waals surface area contributed by atoms with Crippen molar-refractivity contribution in [1.82, 2.24) is 0 Å². The van der Waals surface area contributed by atoms with E-state index < -0.39 is 5.41 Å². The first-order valence-electron chi connectivity index (χ1n) is 4.26. The van der Waals surface area contributed by atoms with E-state index in [-0.39, 0.29) is 12.1 Å². The van der Waals surface area contributed by atoms with Crippen molar-refractivity contribution in [2.24, 2.45) is 5.41 Å². The molecule has 0 aliphatic heterocycles. The fourth-order valence-electron chi connectivity index (χ4n) is 1.98. The lowest BCUT2D eigenvalue weighted by Gasteiger charge is -2.27. The van der Waals surface area contributed by atoms with Gasteiger partial charge >= 0.3 is 5.97 Å². The van der Waals surface area contributed by atoms with Gasteiger partial charge in [-0.15, -0.1) is 0 Å². The second-order valence-electron chi connectivity index (χ2n) is 3.53. The standard InChI is InChI=1S/C9H16O3/c1-9(8(10)12-3)6-4-5-7(9)11-2/h7H,4-6H2,1-3H3. The highest BCUT2D eigenvalue weighted by atomic mass is 16.5. The van der Waals surface area contributed by atoms with Gasteiger partial charge in [0.1, 0.15) is 0 Å². The lowest BCUT2D eigenvalue weighted by atomic mass is 9.86. The molecule has 3 nitrogen and oxygen atoms in total. The van der Waals surface area contributed by atoms with Gasteiger partial charge in [0.05, 0.1) is 18.6 Å². The van der Waals surface area contributed by atoms with Crippen LogP contribution in [0.3, 0.4) is 0 Å². The minimum Gasteiger partial charge on any atom is -0.469 e. The molecule has 1 aliphatic rings. The summed E-state index contributed by atoms with van der Waals surface area (Å²) in [5, 5.41) is 0. The van der Waals surface area contributed by atoms with Crippen LogP contribution in [0.15, 0.2) is 0 Å². The molecule has 0 spiro atoms. The molecule has 12 heavy (non-hydrogen) atoms. The highest BCUT2D eigenvalue weighted by Crippen LogP contribution is 2.40. The van der Waals surface area contributed by atoms with Crippen LogP contribution in [0.5, 0.6) is 0 Å². The normalized spacial score (nSPS) is 35.1. The number of hydrogen-bond donors (Lipinski definition) is 0. The van der Waals surface area contributed by atoms with Crippen molar-refractivity contribution >= 4 is 5.97 Å². The van der Waals surface area contributed by atoms with Crippen LogP contribution in [0, 0.1) is 5.41 Å². The Bertz CT molecular complexity index is 179. The largest absolute Gasteiger partial charge is 0.469 e. The molecule has 3 heteroatoms. The van der Waals surface area contributed by atoms with E-state index in [1.165, 1.54) is 7.11 Å². The molecule has 2 unspecified atom stereocenters. The number of methoxy groups -OCH3 is 2. The Balaban J connectivity index is 2.74. The molecule has 0 aromatic heterocycles. The molecule has 0 amide bonds. The van der Waals surface area contributed by atoms with Crippen molar-refractivity contribution in [3.05, 3.63) is 0 Å².